The third-order valence-electron chi connectivity index (χ3n) is 2.84. The van der Waals surface area contributed by atoms with Gasteiger partial charge in [-0.3, -0.25) is 10.9 Å². The van der Waals surface area contributed by atoms with Gasteiger partial charge < -0.3 is 10.6 Å². The second-order valence-corrected chi connectivity index (χ2v) is 6.78. The summed E-state index contributed by atoms with van der Waals surface area (Å²) in [5, 5.41) is 13.2. The third kappa shape index (κ3) is 9.63. The highest BCUT2D eigenvalue weighted by Gasteiger charge is 2.27. The number of nitrogens with one attached hydrogen (secondary N) is 4. The average molecular weight is 483 g/mol. The van der Waals surface area contributed by atoms with Crippen molar-refractivity contribution in [2.45, 2.75) is 20.0 Å². The van der Waals surface area contributed by atoms with E-state index in [4.69, 9.17) is 24.4 Å². The smallest absolute Gasteiger partial charge is 0.362 e. The Kier molecular flexibility index (Phi) is 9.60. The molecule has 0 aromatic heterocycles. The highest BCUT2D eigenvalue weighted by Crippen LogP contribution is 2.13. The number of rotatable bonds is 6. The van der Waals surface area contributed by atoms with E-state index in [-0.39, 0.29) is 5.11 Å². The Morgan fingerprint density at radius 1 is 1.04 bits per heavy atom. The Labute approximate surface area is 174 Å². The lowest BCUT2D eigenvalue weighted by Crippen LogP contribution is -2.39. The lowest BCUT2D eigenvalue weighted by molar-refractivity contribution is -0.122. The number of alkyl halides is 3. The van der Waals surface area contributed by atoms with Crippen molar-refractivity contribution in [1.82, 2.24) is 21.5 Å². The summed E-state index contributed by atoms with van der Waals surface area (Å²) in [7, 11) is 0. The van der Waals surface area contributed by atoms with Crippen molar-refractivity contribution < 1.29 is 13.2 Å². The van der Waals surface area contributed by atoms with Crippen molar-refractivity contribution in [2.24, 2.45) is 10.2 Å². The van der Waals surface area contributed by atoms with Crippen LogP contribution in [0.4, 0.5) is 13.2 Å². The molecule has 1 aromatic rings. The molecule has 0 amide bonds. The maximum absolute atomic E-state index is 12.2. The molecular formula is C15H18BrF3N6S2. The topological polar surface area (TPSA) is 72.8 Å². The van der Waals surface area contributed by atoms with Crippen molar-refractivity contribution in [1.29, 1.82) is 0 Å². The zero-order chi connectivity index (χ0) is 20.4. The van der Waals surface area contributed by atoms with Crippen LogP contribution in [0.3, 0.4) is 0 Å². The molecule has 0 bridgehead atoms. The number of nitrogens with zero attached hydrogens (tertiary/aromatic N) is 2. The van der Waals surface area contributed by atoms with Crippen LogP contribution in [-0.2, 0) is 0 Å². The van der Waals surface area contributed by atoms with Gasteiger partial charge in [-0.05, 0) is 50.4 Å². The minimum atomic E-state index is -4.38. The van der Waals surface area contributed by atoms with Crippen LogP contribution in [0.15, 0.2) is 38.9 Å². The predicted octanol–water partition coefficient (Wildman–Crippen LogP) is 3.04. The predicted molar refractivity (Wildman–Crippen MR) is 113 cm³/mol. The maximum Gasteiger partial charge on any atom is 0.405 e. The molecule has 0 unspecified atom stereocenters. The highest BCUT2D eigenvalue weighted by atomic mass is 79.9. The van der Waals surface area contributed by atoms with E-state index in [1.165, 1.54) is 0 Å². The molecule has 4 N–H and O–H groups in total. The molecule has 1 aromatic carbocycles. The molecule has 6 nitrogen and oxygen atoms in total. The van der Waals surface area contributed by atoms with E-state index < -0.39 is 12.7 Å². The van der Waals surface area contributed by atoms with E-state index >= 15 is 0 Å². The number of benzene rings is 1. The Morgan fingerprint density at radius 2 is 1.59 bits per heavy atom. The molecule has 0 aliphatic heterocycles. The van der Waals surface area contributed by atoms with Crippen molar-refractivity contribution in [3.63, 3.8) is 0 Å². The fourth-order valence-electron chi connectivity index (χ4n) is 1.68. The fourth-order valence-corrected chi connectivity index (χ4v) is 2.25. The number of hydrogen-bond acceptors (Lipinski definition) is 4. The molecular weight excluding hydrogens is 465 g/mol. The Hall–Kier alpha value is -1.79. The summed E-state index contributed by atoms with van der Waals surface area (Å²) < 4.78 is 37.6. The van der Waals surface area contributed by atoms with E-state index in [1.54, 1.807) is 31.2 Å². The lowest BCUT2D eigenvalue weighted by atomic mass is 10.1. The van der Waals surface area contributed by atoms with Gasteiger partial charge in [0.2, 0.25) is 0 Å². The van der Waals surface area contributed by atoms with E-state index in [2.05, 4.69) is 42.3 Å². The number of thiocarbonyl (C=S) groups is 2. The molecule has 0 atom stereocenters. The zero-order valence-electron chi connectivity index (χ0n) is 14.4. The van der Waals surface area contributed by atoms with Crippen LogP contribution in [-0.4, -0.2) is 40.9 Å². The van der Waals surface area contributed by atoms with Crippen molar-refractivity contribution in [3.05, 3.63) is 34.3 Å². The summed E-state index contributed by atoms with van der Waals surface area (Å²) in [5.41, 5.74) is 6.58. The summed E-state index contributed by atoms with van der Waals surface area (Å²) in [6.07, 6.45) is -4.38. The summed E-state index contributed by atoms with van der Waals surface area (Å²) in [6, 6.07) is 7.15. The fraction of sp³-hybridized carbons (Fsp3) is 0.333. The van der Waals surface area contributed by atoms with E-state index in [0.29, 0.717) is 28.6 Å². The minimum absolute atomic E-state index is 0.258. The molecule has 0 saturated carbocycles. The first-order valence-corrected chi connectivity index (χ1v) is 9.26. The Bertz CT molecular complexity index is 719. The third-order valence-corrected chi connectivity index (χ3v) is 3.84. The first-order chi connectivity index (χ1) is 12.6. The second-order valence-electron chi connectivity index (χ2n) is 5.05. The Morgan fingerprint density at radius 3 is 2.15 bits per heavy atom. The largest absolute Gasteiger partial charge is 0.405 e. The summed E-state index contributed by atoms with van der Waals surface area (Å²) in [6.45, 7) is 2.94. The Balaban J connectivity index is 2.97. The molecule has 1 rings (SSSR count). The minimum Gasteiger partial charge on any atom is -0.362 e. The van der Waals surface area contributed by atoms with Crippen LogP contribution in [0.2, 0.25) is 0 Å². The molecule has 0 aliphatic rings. The zero-order valence-corrected chi connectivity index (χ0v) is 17.7. The first kappa shape index (κ1) is 23.2. The molecule has 0 heterocycles. The van der Waals surface area contributed by atoms with Gasteiger partial charge in [-0.1, -0.05) is 28.1 Å². The normalized spacial score (nSPS) is 12.4. The van der Waals surface area contributed by atoms with Crippen molar-refractivity contribution in [3.8, 4) is 0 Å². The van der Waals surface area contributed by atoms with Gasteiger partial charge in [0.15, 0.2) is 10.2 Å². The van der Waals surface area contributed by atoms with Gasteiger partial charge in [0.05, 0.1) is 5.71 Å². The van der Waals surface area contributed by atoms with E-state index in [0.717, 1.165) is 4.47 Å². The molecule has 0 fully saturated rings. The van der Waals surface area contributed by atoms with Crippen LogP contribution in [0, 0.1) is 0 Å². The van der Waals surface area contributed by atoms with Crippen molar-refractivity contribution >= 4 is 62.0 Å². The van der Waals surface area contributed by atoms with Crippen molar-refractivity contribution in [2.75, 3.05) is 13.1 Å². The SMILES string of the molecule is CCNC(=S)NN=C(C)C(=NNC(=S)NCC(F)(F)F)c1ccc(Br)cc1. The molecule has 148 valence electrons. The molecule has 27 heavy (non-hydrogen) atoms. The number of halogens is 4. The van der Waals surface area contributed by atoms with Crippen LogP contribution in [0.25, 0.3) is 0 Å². The van der Waals surface area contributed by atoms with Gasteiger partial charge in [0, 0.05) is 16.6 Å². The van der Waals surface area contributed by atoms with Crippen LogP contribution >= 0.6 is 40.4 Å². The summed E-state index contributed by atoms with van der Waals surface area (Å²) >= 11 is 13.2. The van der Waals surface area contributed by atoms with Gasteiger partial charge in [0.25, 0.3) is 0 Å². The molecule has 0 radical (unpaired) electrons. The molecule has 0 spiro atoms. The van der Waals surface area contributed by atoms with Crippen LogP contribution in [0.1, 0.15) is 19.4 Å². The second kappa shape index (κ2) is 11.1. The monoisotopic (exact) mass is 482 g/mol. The van der Waals surface area contributed by atoms with Gasteiger partial charge in [0.1, 0.15) is 12.3 Å². The standard InChI is InChI=1S/C15H18BrF3N6S2/c1-3-20-13(26)24-22-9(2)12(10-4-6-11(16)7-5-10)23-25-14(27)21-8-15(17,18)19/h4-7H,3,8H2,1-2H3,(H2,20,24,26)(H2,21,25,27). The van der Waals surface area contributed by atoms with Gasteiger partial charge >= 0.3 is 6.18 Å². The lowest BCUT2D eigenvalue weighted by Gasteiger charge is -2.12. The molecule has 12 heteroatoms. The molecule has 0 saturated heterocycles. The summed E-state index contributed by atoms with van der Waals surface area (Å²) in [4.78, 5) is 0. The van der Waals surface area contributed by atoms with Crippen LogP contribution < -0.4 is 21.5 Å². The van der Waals surface area contributed by atoms with Gasteiger partial charge in [-0.15, -0.1) is 0 Å². The maximum atomic E-state index is 12.2. The highest BCUT2D eigenvalue weighted by molar-refractivity contribution is 9.10. The quantitative estimate of drug-likeness (QED) is 0.283. The average Bonchev–Trinajstić information content (AvgIpc) is 2.59. The summed E-state index contributed by atoms with van der Waals surface area (Å²) in [5.74, 6) is 0. The molecule has 0 aliphatic carbocycles. The van der Waals surface area contributed by atoms with E-state index in [9.17, 15) is 13.2 Å². The number of hydrogen-bond donors (Lipinski definition) is 4. The first-order valence-electron chi connectivity index (χ1n) is 7.65. The van der Waals surface area contributed by atoms with Gasteiger partial charge in [-0.2, -0.15) is 23.4 Å². The van der Waals surface area contributed by atoms with E-state index in [1.807, 2.05) is 12.2 Å². The number of hydrazone groups is 2. The van der Waals surface area contributed by atoms with Gasteiger partial charge in [-0.25, -0.2) is 0 Å². The van der Waals surface area contributed by atoms with Crippen LogP contribution in [0.5, 0.6) is 0 Å².